The monoisotopic (exact) mass is 358 g/mol. The minimum Gasteiger partial charge on any atom is -0.422 e. The molecule has 0 bridgehead atoms. The summed E-state index contributed by atoms with van der Waals surface area (Å²) in [7, 11) is 0. The van der Waals surface area contributed by atoms with Gasteiger partial charge in [-0.2, -0.15) is 13.2 Å². The second-order valence-electron chi connectivity index (χ2n) is 5.64. The molecule has 0 aliphatic carbocycles. The maximum Gasteiger partial charge on any atom is 0.417 e. The number of benzene rings is 2. The van der Waals surface area contributed by atoms with Crippen molar-refractivity contribution in [2.45, 2.75) is 6.18 Å². The lowest BCUT2D eigenvalue weighted by Crippen LogP contribution is -2.12. The van der Waals surface area contributed by atoms with Gasteiger partial charge in [0, 0.05) is 22.4 Å². The first-order chi connectivity index (χ1) is 12.3. The number of halogens is 3. The highest BCUT2D eigenvalue weighted by atomic mass is 19.4. The van der Waals surface area contributed by atoms with E-state index in [0.29, 0.717) is 17.0 Å². The summed E-state index contributed by atoms with van der Waals surface area (Å²) in [6.45, 7) is 0. The van der Waals surface area contributed by atoms with Crippen LogP contribution in [0, 0.1) is 0 Å². The number of hydrogen-bond donors (Lipinski definition) is 0. The Balaban J connectivity index is 2.11. The van der Waals surface area contributed by atoms with Crippen LogP contribution >= 0.6 is 0 Å². The summed E-state index contributed by atoms with van der Waals surface area (Å²) < 4.78 is 50.0. The fourth-order valence-corrected chi connectivity index (χ4v) is 2.88. The van der Waals surface area contributed by atoms with E-state index < -0.39 is 23.0 Å². The summed E-state index contributed by atoms with van der Waals surface area (Å²) in [6.07, 6.45) is -4.74. The molecule has 0 aliphatic rings. The van der Waals surface area contributed by atoms with Crippen LogP contribution in [-0.2, 0) is 6.18 Å². The van der Waals surface area contributed by atoms with Crippen molar-refractivity contribution in [3.8, 4) is 11.1 Å². The first kappa shape index (κ1) is 16.1. The number of fused-ring (bicyclic) bond motifs is 2. The molecule has 0 spiro atoms. The SMILES string of the molecule is O=c1cc(C(F)(F)F)c2cccc(-c3cc4ccccc4oc3=O)c2o1. The molecular weight excluding hydrogens is 349 g/mol. The van der Waals surface area contributed by atoms with E-state index in [1.807, 2.05) is 0 Å². The van der Waals surface area contributed by atoms with Crippen LogP contribution in [0.2, 0.25) is 0 Å². The predicted molar refractivity (Wildman–Crippen MR) is 89.0 cm³/mol. The summed E-state index contributed by atoms with van der Waals surface area (Å²) in [5, 5.41) is 0.288. The van der Waals surface area contributed by atoms with Gasteiger partial charge in [-0.3, -0.25) is 0 Å². The molecule has 0 aliphatic heterocycles. The van der Waals surface area contributed by atoms with E-state index in [4.69, 9.17) is 8.83 Å². The maximum atomic E-state index is 13.3. The van der Waals surface area contributed by atoms with E-state index >= 15 is 0 Å². The van der Waals surface area contributed by atoms with Gasteiger partial charge in [0.1, 0.15) is 11.2 Å². The summed E-state index contributed by atoms with van der Waals surface area (Å²) in [5.74, 6) is 0. The average Bonchev–Trinajstić information content (AvgIpc) is 2.59. The normalized spacial score (nSPS) is 12.0. The van der Waals surface area contributed by atoms with Gasteiger partial charge >= 0.3 is 17.4 Å². The topological polar surface area (TPSA) is 60.4 Å². The Kier molecular flexibility index (Phi) is 3.47. The molecule has 0 fully saturated rings. The highest BCUT2D eigenvalue weighted by molar-refractivity contribution is 5.95. The first-order valence-corrected chi connectivity index (χ1v) is 7.52. The molecule has 0 N–H and O–H groups in total. The molecule has 130 valence electrons. The molecule has 4 nitrogen and oxygen atoms in total. The van der Waals surface area contributed by atoms with Crippen LogP contribution in [0.3, 0.4) is 0 Å². The largest absolute Gasteiger partial charge is 0.422 e. The van der Waals surface area contributed by atoms with Crippen LogP contribution in [0.1, 0.15) is 5.56 Å². The number of para-hydroxylation sites is 2. The van der Waals surface area contributed by atoms with E-state index in [1.54, 1.807) is 24.3 Å². The molecule has 4 rings (SSSR count). The van der Waals surface area contributed by atoms with Crippen LogP contribution in [0.15, 0.2) is 73.0 Å². The standard InChI is InChI=1S/C19H9F3O4/c20-19(21,22)14-9-16(23)26-17-11(5-3-6-12(14)17)13-8-10-4-1-2-7-15(10)25-18(13)24/h1-9H. The van der Waals surface area contributed by atoms with E-state index in [2.05, 4.69) is 0 Å². The van der Waals surface area contributed by atoms with Crippen LogP contribution in [0.5, 0.6) is 0 Å². The van der Waals surface area contributed by atoms with Gasteiger partial charge in [-0.25, -0.2) is 9.59 Å². The average molecular weight is 358 g/mol. The summed E-state index contributed by atoms with van der Waals surface area (Å²) >= 11 is 0. The molecule has 0 amide bonds. The van der Waals surface area contributed by atoms with Crippen molar-refractivity contribution in [3.05, 3.63) is 81.0 Å². The van der Waals surface area contributed by atoms with Crippen molar-refractivity contribution in [3.63, 3.8) is 0 Å². The van der Waals surface area contributed by atoms with Crippen molar-refractivity contribution in [2.75, 3.05) is 0 Å². The van der Waals surface area contributed by atoms with Gasteiger partial charge in [0.05, 0.1) is 11.1 Å². The Morgan fingerprint density at radius 1 is 0.808 bits per heavy atom. The predicted octanol–water partition coefficient (Wildman–Crippen LogP) is 4.59. The highest BCUT2D eigenvalue weighted by Gasteiger charge is 2.34. The lowest BCUT2D eigenvalue weighted by Gasteiger charge is -2.11. The van der Waals surface area contributed by atoms with Crippen molar-refractivity contribution < 1.29 is 22.0 Å². The third-order valence-corrected chi connectivity index (χ3v) is 4.01. The Hall–Kier alpha value is -3.35. The van der Waals surface area contributed by atoms with Crippen molar-refractivity contribution in [2.24, 2.45) is 0 Å². The van der Waals surface area contributed by atoms with Gasteiger partial charge in [-0.1, -0.05) is 36.4 Å². The van der Waals surface area contributed by atoms with Crippen LogP contribution in [0.4, 0.5) is 13.2 Å². The Bertz CT molecular complexity index is 1270. The van der Waals surface area contributed by atoms with Crippen molar-refractivity contribution in [1.82, 2.24) is 0 Å². The van der Waals surface area contributed by atoms with Crippen LogP contribution in [-0.4, -0.2) is 0 Å². The fourth-order valence-electron chi connectivity index (χ4n) is 2.88. The minimum absolute atomic E-state index is 0.0109. The molecule has 0 unspecified atom stereocenters. The molecule has 2 heterocycles. The van der Waals surface area contributed by atoms with Crippen molar-refractivity contribution in [1.29, 1.82) is 0 Å². The van der Waals surface area contributed by atoms with Gasteiger partial charge in [0.25, 0.3) is 0 Å². The second kappa shape index (κ2) is 5.59. The van der Waals surface area contributed by atoms with Gasteiger partial charge in [0.15, 0.2) is 0 Å². The van der Waals surface area contributed by atoms with Gasteiger partial charge in [0.2, 0.25) is 0 Å². The zero-order valence-electron chi connectivity index (χ0n) is 13.0. The second-order valence-corrected chi connectivity index (χ2v) is 5.64. The summed E-state index contributed by atoms with van der Waals surface area (Å²) in [6, 6.07) is 12.6. The summed E-state index contributed by atoms with van der Waals surface area (Å²) in [5.41, 5.74) is -2.90. The third-order valence-electron chi connectivity index (χ3n) is 4.01. The summed E-state index contributed by atoms with van der Waals surface area (Å²) in [4.78, 5) is 24.0. The minimum atomic E-state index is -4.74. The number of alkyl halides is 3. The van der Waals surface area contributed by atoms with E-state index in [1.165, 1.54) is 24.3 Å². The van der Waals surface area contributed by atoms with Gasteiger partial charge in [-0.05, 0) is 12.1 Å². The lowest BCUT2D eigenvalue weighted by molar-refractivity contribution is -0.136. The van der Waals surface area contributed by atoms with Crippen LogP contribution in [0.25, 0.3) is 33.1 Å². The molecule has 2 aromatic carbocycles. The van der Waals surface area contributed by atoms with E-state index in [-0.39, 0.29) is 22.1 Å². The first-order valence-electron chi connectivity index (χ1n) is 7.52. The molecule has 2 aromatic heterocycles. The molecule has 0 saturated carbocycles. The molecule has 0 saturated heterocycles. The third kappa shape index (κ3) is 2.57. The maximum absolute atomic E-state index is 13.3. The van der Waals surface area contributed by atoms with Gasteiger partial charge in [-0.15, -0.1) is 0 Å². The Morgan fingerprint density at radius 3 is 2.35 bits per heavy atom. The molecule has 26 heavy (non-hydrogen) atoms. The smallest absolute Gasteiger partial charge is 0.417 e. The molecule has 7 heteroatoms. The van der Waals surface area contributed by atoms with Crippen LogP contribution < -0.4 is 11.3 Å². The number of hydrogen-bond acceptors (Lipinski definition) is 4. The van der Waals surface area contributed by atoms with Crippen molar-refractivity contribution >= 4 is 21.9 Å². The Morgan fingerprint density at radius 2 is 1.58 bits per heavy atom. The fraction of sp³-hybridized carbons (Fsp3) is 0.0526. The van der Waals surface area contributed by atoms with Gasteiger partial charge < -0.3 is 8.83 Å². The van der Waals surface area contributed by atoms with E-state index in [9.17, 15) is 22.8 Å². The quantitative estimate of drug-likeness (QED) is 0.467. The zero-order valence-corrected chi connectivity index (χ0v) is 13.0. The van der Waals surface area contributed by atoms with E-state index in [0.717, 1.165) is 0 Å². The molecule has 0 radical (unpaired) electrons. The number of rotatable bonds is 1. The lowest BCUT2D eigenvalue weighted by atomic mass is 10.0. The highest BCUT2D eigenvalue weighted by Crippen LogP contribution is 2.36. The zero-order chi connectivity index (χ0) is 18.5. The molecule has 4 aromatic rings. The molecular formula is C19H9F3O4. The Labute approximate surface area is 143 Å². The molecule has 0 atom stereocenters.